The van der Waals surface area contributed by atoms with Crippen molar-refractivity contribution in [3.8, 4) is 0 Å². The van der Waals surface area contributed by atoms with Crippen molar-refractivity contribution in [2.24, 2.45) is 5.41 Å². The van der Waals surface area contributed by atoms with Gasteiger partial charge in [-0.15, -0.1) is 24.8 Å². The van der Waals surface area contributed by atoms with Gasteiger partial charge in [0.25, 0.3) is 5.91 Å². The van der Waals surface area contributed by atoms with Gasteiger partial charge in [0.05, 0.1) is 5.52 Å². The third kappa shape index (κ3) is 4.59. The van der Waals surface area contributed by atoms with E-state index in [0.717, 1.165) is 17.4 Å². The van der Waals surface area contributed by atoms with Crippen molar-refractivity contribution >= 4 is 41.6 Å². The molecule has 1 saturated heterocycles. The van der Waals surface area contributed by atoms with Crippen molar-refractivity contribution in [2.45, 2.75) is 32.7 Å². The molecule has 2 aromatic rings. The van der Waals surface area contributed by atoms with E-state index in [1.165, 1.54) is 12.8 Å². The van der Waals surface area contributed by atoms with Crippen LogP contribution < -0.4 is 10.6 Å². The van der Waals surface area contributed by atoms with E-state index in [1.54, 1.807) is 6.07 Å². The van der Waals surface area contributed by atoms with Crippen LogP contribution in [0.4, 0.5) is 0 Å². The lowest BCUT2D eigenvalue weighted by Gasteiger charge is -2.39. The molecule has 1 aromatic heterocycles. The van der Waals surface area contributed by atoms with Crippen LogP contribution in [-0.2, 0) is 0 Å². The maximum Gasteiger partial charge on any atom is 0.269 e. The normalized spacial score (nSPS) is 19.0. The fourth-order valence-electron chi connectivity index (χ4n) is 3.10. The van der Waals surface area contributed by atoms with Gasteiger partial charge in [0, 0.05) is 18.0 Å². The molecule has 1 aliphatic rings. The molecule has 0 aliphatic carbocycles. The average molecular weight is 370 g/mol. The number of carbonyl (C=O) groups is 1. The molecule has 2 heterocycles. The van der Waals surface area contributed by atoms with Crippen molar-refractivity contribution in [3.05, 3.63) is 42.1 Å². The fourth-order valence-corrected chi connectivity index (χ4v) is 3.10. The first kappa shape index (κ1) is 20.7. The monoisotopic (exact) mass is 369 g/mol. The highest BCUT2D eigenvalue weighted by Gasteiger charge is 2.32. The number of carbonyl (C=O) groups excluding carboxylic acids is 1. The number of amides is 1. The summed E-state index contributed by atoms with van der Waals surface area (Å²) in [4.78, 5) is 16.8. The molecule has 0 bridgehead atoms. The molecule has 1 aromatic carbocycles. The average Bonchev–Trinajstić information content (AvgIpc) is 2.52. The Bertz CT molecular complexity index is 691. The minimum Gasteiger partial charge on any atom is -0.349 e. The van der Waals surface area contributed by atoms with Gasteiger partial charge in [-0.2, -0.15) is 0 Å². The zero-order valence-corrected chi connectivity index (χ0v) is 15.7. The lowest BCUT2D eigenvalue weighted by atomic mass is 9.77. The van der Waals surface area contributed by atoms with Crippen molar-refractivity contribution in [3.63, 3.8) is 0 Å². The second-order valence-corrected chi connectivity index (χ2v) is 6.70. The van der Waals surface area contributed by atoms with Crippen molar-refractivity contribution in [1.82, 2.24) is 15.6 Å². The highest BCUT2D eigenvalue weighted by molar-refractivity contribution is 5.94. The molecule has 132 valence electrons. The van der Waals surface area contributed by atoms with Crippen LogP contribution in [0, 0.1) is 5.41 Å². The number of rotatable bonds is 3. The minimum absolute atomic E-state index is 0. The van der Waals surface area contributed by atoms with E-state index in [-0.39, 0.29) is 36.1 Å². The quantitative estimate of drug-likeness (QED) is 0.868. The first-order valence-corrected chi connectivity index (χ1v) is 7.94. The van der Waals surface area contributed by atoms with Crippen molar-refractivity contribution in [1.29, 1.82) is 0 Å². The Balaban J connectivity index is 0.00000144. The number of nitrogens with zero attached hydrogens (tertiary/aromatic N) is 1. The van der Waals surface area contributed by atoms with Crippen molar-refractivity contribution in [2.75, 3.05) is 13.1 Å². The van der Waals surface area contributed by atoms with Gasteiger partial charge >= 0.3 is 0 Å². The number of piperidine rings is 1. The molecular weight excluding hydrogens is 345 g/mol. The molecule has 0 saturated carbocycles. The summed E-state index contributed by atoms with van der Waals surface area (Å²) in [7, 11) is 0. The number of hydrogen-bond donors (Lipinski definition) is 2. The third-order valence-electron chi connectivity index (χ3n) is 4.63. The summed E-state index contributed by atoms with van der Waals surface area (Å²) in [6.45, 7) is 6.17. The van der Waals surface area contributed by atoms with Crippen LogP contribution in [0.3, 0.4) is 0 Å². The Morgan fingerprint density at radius 1 is 1.25 bits per heavy atom. The van der Waals surface area contributed by atoms with E-state index >= 15 is 0 Å². The second kappa shape index (κ2) is 8.65. The lowest BCUT2D eigenvalue weighted by molar-refractivity contribution is 0.0924. The van der Waals surface area contributed by atoms with Crippen LogP contribution in [0.25, 0.3) is 10.9 Å². The molecule has 4 nitrogen and oxygen atoms in total. The van der Waals surface area contributed by atoms with Gasteiger partial charge in [-0.25, -0.2) is 4.98 Å². The molecule has 0 spiro atoms. The summed E-state index contributed by atoms with van der Waals surface area (Å²) >= 11 is 0. The maximum atomic E-state index is 12.3. The van der Waals surface area contributed by atoms with E-state index in [0.29, 0.717) is 18.3 Å². The Morgan fingerprint density at radius 2 is 2.00 bits per heavy atom. The van der Waals surface area contributed by atoms with Crippen LogP contribution >= 0.6 is 24.8 Å². The third-order valence-corrected chi connectivity index (χ3v) is 4.63. The number of pyridine rings is 1. The standard InChI is InChI=1S/C18H23N3O.2ClH/c1-18(2)10-5-11-19-16(18)12-20-17(22)15-9-8-13-6-3-4-7-14(13)21-15;;/h3-4,6-9,16,19H,5,10-12H2,1-2H3,(H,20,22);2*1H. The van der Waals surface area contributed by atoms with E-state index in [4.69, 9.17) is 0 Å². The van der Waals surface area contributed by atoms with Crippen LogP contribution in [0.15, 0.2) is 36.4 Å². The lowest BCUT2D eigenvalue weighted by Crippen LogP contribution is -2.52. The molecule has 1 fully saturated rings. The SMILES string of the molecule is CC1(C)CCCNC1CNC(=O)c1ccc2ccccc2n1.Cl.Cl. The molecule has 1 aliphatic heterocycles. The van der Waals surface area contributed by atoms with Gasteiger partial charge in [0.1, 0.15) is 5.69 Å². The number of halogens is 2. The van der Waals surface area contributed by atoms with E-state index < -0.39 is 0 Å². The molecule has 24 heavy (non-hydrogen) atoms. The Labute approximate surface area is 155 Å². The van der Waals surface area contributed by atoms with E-state index in [9.17, 15) is 4.79 Å². The molecule has 1 atom stereocenters. The van der Waals surface area contributed by atoms with Gasteiger partial charge in [-0.3, -0.25) is 4.79 Å². The summed E-state index contributed by atoms with van der Waals surface area (Å²) in [6, 6.07) is 11.9. The van der Waals surface area contributed by atoms with Crippen molar-refractivity contribution < 1.29 is 4.79 Å². The van der Waals surface area contributed by atoms with Crippen LogP contribution in [-0.4, -0.2) is 30.0 Å². The molecule has 2 N–H and O–H groups in total. The molecule has 0 radical (unpaired) electrons. The first-order chi connectivity index (χ1) is 10.6. The maximum absolute atomic E-state index is 12.3. The number of aromatic nitrogens is 1. The summed E-state index contributed by atoms with van der Waals surface area (Å²) in [5.41, 5.74) is 1.54. The Morgan fingerprint density at radius 3 is 2.75 bits per heavy atom. The van der Waals surface area contributed by atoms with Gasteiger partial charge < -0.3 is 10.6 Å². The zero-order valence-electron chi connectivity index (χ0n) is 14.0. The molecule has 1 unspecified atom stereocenters. The molecule has 6 heteroatoms. The molecule has 3 rings (SSSR count). The summed E-state index contributed by atoms with van der Waals surface area (Å²) in [5.74, 6) is -0.103. The molecular formula is C18H25Cl2N3O. The van der Waals surface area contributed by atoms with Gasteiger partial charge in [-0.1, -0.05) is 38.1 Å². The van der Waals surface area contributed by atoms with E-state index in [1.807, 2.05) is 30.3 Å². The topological polar surface area (TPSA) is 54.0 Å². The number of hydrogen-bond acceptors (Lipinski definition) is 3. The highest BCUT2D eigenvalue weighted by atomic mass is 35.5. The van der Waals surface area contributed by atoms with Gasteiger partial charge in [-0.05, 0) is 36.9 Å². The fraction of sp³-hybridized carbons (Fsp3) is 0.444. The molecule has 1 amide bonds. The zero-order chi connectivity index (χ0) is 15.6. The van der Waals surface area contributed by atoms with Crippen LogP contribution in [0.5, 0.6) is 0 Å². The number of benzene rings is 1. The minimum atomic E-state index is -0.103. The predicted octanol–water partition coefficient (Wildman–Crippen LogP) is 3.59. The van der Waals surface area contributed by atoms with Gasteiger partial charge in [0.15, 0.2) is 0 Å². The van der Waals surface area contributed by atoms with Crippen LogP contribution in [0.1, 0.15) is 37.2 Å². The predicted molar refractivity (Wildman–Crippen MR) is 103 cm³/mol. The first-order valence-electron chi connectivity index (χ1n) is 7.94. The highest BCUT2D eigenvalue weighted by Crippen LogP contribution is 2.29. The number of fused-ring (bicyclic) bond motifs is 1. The summed E-state index contributed by atoms with van der Waals surface area (Å²) in [5, 5.41) is 7.59. The van der Waals surface area contributed by atoms with E-state index in [2.05, 4.69) is 29.5 Å². The Kier molecular flexibility index (Phi) is 7.46. The number of nitrogens with one attached hydrogen (secondary N) is 2. The largest absolute Gasteiger partial charge is 0.349 e. The second-order valence-electron chi connectivity index (χ2n) is 6.70. The van der Waals surface area contributed by atoms with Gasteiger partial charge in [0.2, 0.25) is 0 Å². The summed E-state index contributed by atoms with van der Waals surface area (Å²) < 4.78 is 0. The summed E-state index contributed by atoms with van der Waals surface area (Å²) in [6.07, 6.45) is 2.39. The van der Waals surface area contributed by atoms with Crippen LogP contribution in [0.2, 0.25) is 0 Å². The Hall–Kier alpha value is -1.36. The smallest absolute Gasteiger partial charge is 0.269 e. The number of para-hydroxylation sites is 1.